The second kappa shape index (κ2) is 7.22. The van der Waals surface area contributed by atoms with Gasteiger partial charge in [0.05, 0.1) is 11.3 Å². The van der Waals surface area contributed by atoms with Crippen LogP contribution in [0, 0.1) is 6.92 Å². The first kappa shape index (κ1) is 15.5. The quantitative estimate of drug-likeness (QED) is 0.850. The van der Waals surface area contributed by atoms with Gasteiger partial charge >= 0.3 is 0 Å². The smallest absolute Gasteiger partial charge is 0.259 e. The summed E-state index contributed by atoms with van der Waals surface area (Å²) < 4.78 is 1.02. The van der Waals surface area contributed by atoms with Crippen LogP contribution in [0.4, 0.5) is 11.4 Å². The van der Waals surface area contributed by atoms with Crippen molar-refractivity contribution in [2.24, 2.45) is 0 Å². The van der Waals surface area contributed by atoms with Gasteiger partial charge in [-0.3, -0.25) is 9.78 Å². The Hall–Kier alpha value is -1.88. The lowest BCUT2D eigenvalue weighted by Gasteiger charge is -2.11. The molecule has 0 saturated heterocycles. The zero-order valence-electron chi connectivity index (χ0n) is 12.1. The highest BCUT2D eigenvalue weighted by Crippen LogP contribution is 2.21. The summed E-state index contributed by atoms with van der Waals surface area (Å²) in [7, 11) is 0. The molecule has 0 radical (unpaired) electrons. The highest BCUT2D eigenvalue weighted by atomic mass is 79.9. The Balaban J connectivity index is 2.18. The number of pyridine rings is 1. The van der Waals surface area contributed by atoms with Crippen LogP contribution in [0.25, 0.3) is 0 Å². The third kappa shape index (κ3) is 4.04. The van der Waals surface area contributed by atoms with Gasteiger partial charge in [-0.25, -0.2) is 0 Å². The Morgan fingerprint density at radius 2 is 2.14 bits per heavy atom. The molecule has 1 aromatic carbocycles. The Bertz CT molecular complexity index is 643. The molecular formula is C16H18BrN3O. The average molecular weight is 348 g/mol. The van der Waals surface area contributed by atoms with Gasteiger partial charge in [-0.15, -0.1) is 0 Å². The molecule has 1 aromatic heterocycles. The van der Waals surface area contributed by atoms with E-state index >= 15 is 0 Å². The van der Waals surface area contributed by atoms with Gasteiger partial charge in [0, 0.05) is 29.1 Å². The van der Waals surface area contributed by atoms with Crippen molar-refractivity contribution in [3.63, 3.8) is 0 Å². The first-order valence-corrected chi connectivity index (χ1v) is 7.66. The maximum atomic E-state index is 12.4. The number of nitrogens with one attached hydrogen (secondary N) is 2. The Kier molecular flexibility index (Phi) is 5.33. The van der Waals surface area contributed by atoms with Crippen LogP contribution in [0.2, 0.25) is 0 Å². The van der Waals surface area contributed by atoms with E-state index < -0.39 is 0 Å². The van der Waals surface area contributed by atoms with E-state index in [9.17, 15) is 4.79 Å². The molecule has 0 aliphatic heterocycles. The van der Waals surface area contributed by atoms with E-state index in [2.05, 4.69) is 38.5 Å². The zero-order valence-corrected chi connectivity index (χ0v) is 13.7. The third-order valence-corrected chi connectivity index (χ3v) is 3.94. The van der Waals surface area contributed by atoms with Gasteiger partial charge in [0.25, 0.3) is 5.91 Å². The number of nitrogens with zero attached hydrogens (tertiary/aromatic N) is 1. The lowest BCUT2D eigenvalue weighted by molar-refractivity contribution is 0.102. The van der Waals surface area contributed by atoms with Crippen LogP contribution in [0.1, 0.15) is 29.3 Å². The molecule has 2 aromatic rings. The van der Waals surface area contributed by atoms with Crippen LogP contribution in [-0.4, -0.2) is 17.4 Å². The first-order chi connectivity index (χ1) is 10.1. The highest BCUT2D eigenvalue weighted by Gasteiger charge is 2.12. The van der Waals surface area contributed by atoms with Crippen molar-refractivity contribution in [1.82, 2.24) is 4.98 Å². The largest absolute Gasteiger partial charge is 0.384 e. The predicted molar refractivity (Wildman–Crippen MR) is 89.8 cm³/mol. The van der Waals surface area contributed by atoms with Gasteiger partial charge in [0.15, 0.2) is 0 Å². The van der Waals surface area contributed by atoms with Crippen molar-refractivity contribution in [3.05, 3.63) is 52.3 Å². The minimum absolute atomic E-state index is 0.163. The molecule has 0 spiro atoms. The molecule has 2 N–H and O–H groups in total. The number of hydrogen-bond acceptors (Lipinski definition) is 3. The summed E-state index contributed by atoms with van der Waals surface area (Å²) in [6.07, 6.45) is 4.26. The molecule has 1 heterocycles. The predicted octanol–water partition coefficient (Wildman–Crippen LogP) is 4.23. The van der Waals surface area contributed by atoms with Gasteiger partial charge in [-0.1, -0.05) is 22.9 Å². The minimum Gasteiger partial charge on any atom is -0.384 e. The lowest BCUT2D eigenvalue weighted by atomic mass is 10.2. The summed E-state index contributed by atoms with van der Waals surface area (Å²) in [5.41, 5.74) is 3.19. The van der Waals surface area contributed by atoms with Gasteiger partial charge in [-0.2, -0.15) is 0 Å². The number of benzene rings is 1. The van der Waals surface area contributed by atoms with Crippen LogP contribution in [-0.2, 0) is 0 Å². The van der Waals surface area contributed by atoms with E-state index in [0.29, 0.717) is 5.56 Å². The van der Waals surface area contributed by atoms with Gasteiger partial charge in [0.2, 0.25) is 0 Å². The van der Waals surface area contributed by atoms with E-state index in [1.54, 1.807) is 12.4 Å². The van der Waals surface area contributed by atoms with Crippen LogP contribution in [0.3, 0.4) is 0 Å². The second-order valence-electron chi connectivity index (χ2n) is 4.77. The lowest BCUT2D eigenvalue weighted by Crippen LogP contribution is -2.15. The summed E-state index contributed by atoms with van der Waals surface area (Å²) >= 11 is 3.45. The van der Waals surface area contributed by atoms with E-state index in [0.717, 1.165) is 34.4 Å². The van der Waals surface area contributed by atoms with E-state index in [1.165, 1.54) is 0 Å². The molecule has 2 rings (SSSR count). The van der Waals surface area contributed by atoms with Crippen molar-refractivity contribution in [2.45, 2.75) is 20.3 Å². The second-order valence-corrected chi connectivity index (χ2v) is 5.62. The van der Waals surface area contributed by atoms with Crippen LogP contribution < -0.4 is 10.6 Å². The molecule has 0 atom stereocenters. The molecule has 0 bridgehead atoms. The van der Waals surface area contributed by atoms with Crippen LogP contribution in [0.15, 0.2) is 41.1 Å². The number of carbonyl (C=O) groups excluding carboxylic acids is 1. The van der Waals surface area contributed by atoms with Crippen molar-refractivity contribution >= 4 is 33.2 Å². The molecular weight excluding hydrogens is 330 g/mol. The van der Waals surface area contributed by atoms with Crippen LogP contribution in [0.5, 0.6) is 0 Å². The third-order valence-electron chi connectivity index (χ3n) is 3.05. The summed E-state index contributed by atoms with van der Waals surface area (Å²) in [5.74, 6) is -0.163. The molecule has 21 heavy (non-hydrogen) atoms. The normalized spacial score (nSPS) is 10.2. The number of amides is 1. The average Bonchev–Trinajstić information content (AvgIpc) is 2.49. The first-order valence-electron chi connectivity index (χ1n) is 6.87. The van der Waals surface area contributed by atoms with Gasteiger partial charge in [-0.05, 0) is 43.2 Å². The SMILES string of the molecule is CCCNc1ccncc1C(=O)Nc1ccc(Br)c(C)c1. The highest BCUT2D eigenvalue weighted by molar-refractivity contribution is 9.10. The summed E-state index contributed by atoms with van der Waals surface area (Å²) in [6, 6.07) is 7.53. The van der Waals surface area contributed by atoms with E-state index in [-0.39, 0.29) is 5.91 Å². The molecule has 0 unspecified atom stereocenters. The monoisotopic (exact) mass is 347 g/mol. The van der Waals surface area contributed by atoms with Crippen molar-refractivity contribution in [2.75, 3.05) is 17.2 Å². The Morgan fingerprint density at radius 1 is 1.33 bits per heavy atom. The summed E-state index contributed by atoms with van der Waals surface area (Å²) in [6.45, 7) is 4.89. The van der Waals surface area contributed by atoms with Crippen molar-refractivity contribution in [3.8, 4) is 0 Å². The molecule has 1 amide bonds. The summed E-state index contributed by atoms with van der Waals surface area (Å²) in [5, 5.41) is 6.15. The number of anilines is 2. The molecule has 4 nitrogen and oxygen atoms in total. The Labute approximate surface area is 133 Å². The fourth-order valence-corrected chi connectivity index (χ4v) is 2.16. The van der Waals surface area contributed by atoms with E-state index in [1.807, 2.05) is 31.2 Å². The standard InChI is InChI=1S/C16H18BrN3O/c1-3-7-19-15-6-8-18-10-13(15)16(21)20-12-4-5-14(17)11(2)9-12/h4-6,8-10H,3,7H2,1-2H3,(H,18,19)(H,20,21). The molecule has 110 valence electrons. The maximum absolute atomic E-state index is 12.4. The molecule has 0 fully saturated rings. The molecule has 0 aliphatic rings. The number of carbonyl (C=O) groups is 1. The van der Waals surface area contributed by atoms with Crippen molar-refractivity contribution in [1.29, 1.82) is 0 Å². The van der Waals surface area contributed by atoms with Gasteiger partial charge in [0.1, 0.15) is 0 Å². The summed E-state index contributed by atoms with van der Waals surface area (Å²) in [4.78, 5) is 16.4. The number of aromatic nitrogens is 1. The molecule has 0 aliphatic carbocycles. The van der Waals surface area contributed by atoms with Crippen molar-refractivity contribution < 1.29 is 4.79 Å². The number of aryl methyl sites for hydroxylation is 1. The topological polar surface area (TPSA) is 54.0 Å². The molecule has 5 heteroatoms. The fraction of sp³-hybridized carbons (Fsp3) is 0.250. The Morgan fingerprint density at radius 3 is 2.86 bits per heavy atom. The number of halogens is 1. The zero-order chi connectivity index (χ0) is 15.2. The number of rotatable bonds is 5. The van der Waals surface area contributed by atoms with Crippen LogP contribution >= 0.6 is 15.9 Å². The molecule has 0 saturated carbocycles. The van der Waals surface area contributed by atoms with E-state index in [4.69, 9.17) is 0 Å². The fourth-order valence-electron chi connectivity index (χ4n) is 1.91. The number of hydrogen-bond donors (Lipinski definition) is 2. The minimum atomic E-state index is -0.163. The maximum Gasteiger partial charge on any atom is 0.259 e. The van der Waals surface area contributed by atoms with Gasteiger partial charge < -0.3 is 10.6 Å².